The normalized spacial score (nSPS) is 11.9. The molecule has 2 rings (SSSR count). The van der Waals surface area contributed by atoms with Crippen LogP contribution in [0.3, 0.4) is 0 Å². The van der Waals surface area contributed by atoms with E-state index >= 15 is 0 Å². The molecule has 0 N–H and O–H groups in total. The summed E-state index contributed by atoms with van der Waals surface area (Å²) in [6.07, 6.45) is 1.13. The molecule has 5 nitrogen and oxygen atoms in total. The van der Waals surface area contributed by atoms with Gasteiger partial charge >= 0.3 is 5.76 Å². The monoisotopic (exact) mass is 354 g/mol. The second-order valence-electron chi connectivity index (χ2n) is 3.82. The van der Waals surface area contributed by atoms with Gasteiger partial charge in [0.2, 0.25) is 9.84 Å². The molecule has 10 heteroatoms. The molecule has 0 unspecified atom stereocenters. The SMILES string of the molecule is O=c1c(Cl)c(Cl)cnn1-c1ccc(S(=O)(=O)C(F)F)cc1. The van der Waals surface area contributed by atoms with E-state index in [1.165, 1.54) is 0 Å². The zero-order valence-electron chi connectivity index (χ0n) is 10.0. The lowest BCUT2D eigenvalue weighted by molar-refractivity contribution is 0.234. The van der Waals surface area contributed by atoms with Crippen LogP contribution in [0.5, 0.6) is 0 Å². The molecule has 0 amide bonds. The largest absolute Gasteiger partial charge is 0.341 e. The van der Waals surface area contributed by atoms with Crippen LogP contribution < -0.4 is 5.56 Å². The van der Waals surface area contributed by atoms with Gasteiger partial charge in [-0.15, -0.1) is 0 Å². The minimum Gasteiger partial charge on any atom is -0.266 e. The molecule has 0 saturated heterocycles. The van der Waals surface area contributed by atoms with Gasteiger partial charge < -0.3 is 0 Å². The van der Waals surface area contributed by atoms with Crippen molar-refractivity contribution in [3.63, 3.8) is 0 Å². The maximum Gasteiger partial charge on any atom is 0.341 e. The Bertz CT molecular complexity index is 836. The highest BCUT2D eigenvalue weighted by atomic mass is 35.5. The Labute approximate surface area is 127 Å². The lowest BCUT2D eigenvalue weighted by atomic mass is 10.3. The number of rotatable bonds is 3. The summed E-state index contributed by atoms with van der Waals surface area (Å²) < 4.78 is 48.2. The Morgan fingerprint density at radius 2 is 1.71 bits per heavy atom. The molecule has 0 aliphatic carbocycles. The minimum atomic E-state index is -4.69. The Hall–Kier alpha value is -1.51. The standard InChI is InChI=1S/C11H6Cl2F2N2O3S/c12-8-5-16-17(10(18)9(8)13)6-1-3-7(4-2-6)21(19,20)11(14)15/h1-5,11H. The molecule has 1 heterocycles. The van der Waals surface area contributed by atoms with Gasteiger partial charge in [-0.3, -0.25) is 4.79 Å². The topological polar surface area (TPSA) is 69.0 Å². The molecule has 112 valence electrons. The van der Waals surface area contributed by atoms with Gasteiger partial charge in [-0.25, -0.2) is 8.42 Å². The molecule has 0 aliphatic rings. The molecule has 21 heavy (non-hydrogen) atoms. The molecule has 1 aromatic heterocycles. The quantitative estimate of drug-likeness (QED) is 0.849. The zero-order chi connectivity index (χ0) is 15.8. The van der Waals surface area contributed by atoms with Gasteiger partial charge in [0.1, 0.15) is 5.02 Å². The summed E-state index contributed by atoms with van der Waals surface area (Å²) in [5, 5.41) is 3.44. The van der Waals surface area contributed by atoms with Crippen molar-refractivity contribution >= 4 is 33.0 Å². The summed E-state index contributed by atoms with van der Waals surface area (Å²) in [4.78, 5) is 11.3. The molecule has 0 spiro atoms. The number of benzene rings is 1. The van der Waals surface area contributed by atoms with Gasteiger partial charge in [0, 0.05) is 0 Å². The molecule has 1 aromatic carbocycles. The maximum absolute atomic E-state index is 12.4. The van der Waals surface area contributed by atoms with Crippen molar-refractivity contribution in [2.45, 2.75) is 10.7 Å². The lowest BCUT2D eigenvalue weighted by Crippen LogP contribution is -2.21. The first kappa shape index (κ1) is 15.9. The maximum atomic E-state index is 12.4. The fourth-order valence-corrected chi connectivity index (χ4v) is 2.45. The molecule has 0 radical (unpaired) electrons. The third-order valence-corrected chi connectivity index (χ3v) is 4.67. The number of alkyl halides is 2. The van der Waals surface area contributed by atoms with Gasteiger partial charge in [-0.2, -0.15) is 18.6 Å². The van der Waals surface area contributed by atoms with Crippen molar-refractivity contribution in [3.8, 4) is 5.69 Å². The molecule has 2 aromatic rings. The number of hydrogen-bond acceptors (Lipinski definition) is 4. The van der Waals surface area contributed by atoms with Crippen LogP contribution in [-0.4, -0.2) is 24.0 Å². The molecular weight excluding hydrogens is 349 g/mol. The summed E-state index contributed by atoms with van der Waals surface area (Å²) in [6, 6.07) is 4.22. The first-order valence-corrected chi connectivity index (χ1v) is 7.61. The molecule has 0 aliphatic heterocycles. The molecule has 0 fully saturated rings. The van der Waals surface area contributed by atoms with Crippen molar-refractivity contribution in [2.75, 3.05) is 0 Å². The van der Waals surface area contributed by atoms with Gasteiger partial charge in [0.05, 0.1) is 21.8 Å². The van der Waals surface area contributed by atoms with Gasteiger partial charge in [0.15, 0.2) is 0 Å². The van der Waals surface area contributed by atoms with Crippen LogP contribution in [0.15, 0.2) is 40.2 Å². The van der Waals surface area contributed by atoms with Crippen molar-refractivity contribution in [2.24, 2.45) is 0 Å². The molecule has 0 atom stereocenters. The highest BCUT2D eigenvalue weighted by Crippen LogP contribution is 2.20. The van der Waals surface area contributed by atoms with E-state index in [4.69, 9.17) is 23.2 Å². The van der Waals surface area contributed by atoms with Crippen molar-refractivity contribution in [3.05, 3.63) is 50.9 Å². The number of sulfone groups is 1. The summed E-state index contributed by atoms with van der Waals surface area (Å²) in [6.45, 7) is 0. The van der Waals surface area contributed by atoms with Crippen molar-refractivity contribution in [1.82, 2.24) is 9.78 Å². The van der Waals surface area contributed by atoms with E-state index < -0.39 is 26.0 Å². The number of nitrogens with zero attached hydrogens (tertiary/aromatic N) is 2. The van der Waals surface area contributed by atoms with E-state index in [0.29, 0.717) is 0 Å². The summed E-state index contributed by atoms with van der Waals surface area (Å²) in [7, 11) is -4.69. The predicted molar refractivity (Wildman–Crippen MR) is 73.0 cm³/mol. The smallest absolute Gasteiger partial charge is 0.266 e. The Kier molecular flexibility index (Phi) is 4.31. The van der Waals surface area contributed by atoms with Gasteiger partial charge in [0.25, 0.3) is 5.56 Å². The van der Waals surface area contributed by atoms with E-state index in [2.05, 4.69) is 5.10 Å². The highest BCUT2D eigenvalue weighted by molar-refractivity contribution is 7.91. The van der Waals surface area contributed by atoms with E-state index in [1.807, 2.05) is 0 Å². The molecule has 0 bridgehead atoms. The van der Waals surface area contributed by atoms with Crippen molar-refractivity contribution < 1.29 is 17.2 Å². The van der Waals surface area contributed by atoms with Crippen LogP contribution in [0.1, 0.15) is 0 Å². The van der Waals surface area contributed by atoms with Gasteiger partial charge in [-0.05, 0) is 24.3 Å². The van der Waals surface area contributed by atoms with Crippen LogP contribution >= 0.6 is 23.2 Å². The van der Waals surface area contributed by atoms with Crippen molar-refractivity contribution in [1.29, 1.82) is 0 Å². The summed E-state index contributed by atoms with van der Waals surface area (Å²) in [5.74, 6) is -3.52. The summed E-state index contributed by atoms with van der Waals surface area (Å²) in [5.41, 5.74) is -0.555. The number of halogens is 4. The third kappa shape index (κ3) is 2.92. The Morgan fingerprint density at radius 1 is 1.14 bits per heavy atom. The summed E-state index contributed by atoms with van der Waals surface area (Å²) >= 11 is 11.3. The number of aromatic nitrogens is 2. The fraction of sp³-hybridized carbons (Fsp3) is 0.0909. The van der Waals surface area contributed by atoms with Crippen LogP contribution in [0, 0.1) is 0 Å². The fourth-order valence-electron chi connectivity index (χ4n) is 1.48. The Morgan fingerprint density at radius 3 is 2.24 bits per heavy atom. The van der Waals surface area contributed by atoms with Crippen LogP contribution in [0.2, 0.25) is 10.0 Å². The first-order chi connectivity index (χ1) is 9.75. The lowest BCUT2D eigenvalue weighted by Gasteiger charge is -2.07. The van der Waals surface area contributed by atoms with E-state index in [0.717, 1.165) is 35.1 Å². The second kappa shape index (κ2) is 5.70. The van der Waals surface area contributed by atoms with Gasteiger partial charge in [-0.1, -0.05) is 23.2 Å². The predicted octanol–water partition coefficient (Wildman–Crippen LogP) is 2.54. The van der Waals surface area contributed by atoms with Crippen LogP contribution in [0.25, 0.3) is 5.69 Å². The average Bonchev–Trinajstić information content (AvgIpc) is 2.45. The van der Waals surface area contributed by atoms with Crippen LogP contribution in [-0.2, 0) is 9.84 Å². The van der Waals surface area contributed by atoms with E-state index in [-0.39, 0.29) is 15.7 Å². The molecular formula is C11H6Cl2F2N2O3S. The van der Waals surface area contributed by atoms with E-state index in [9.17, 15) is 22.0 Å². The second-order valence-corrected chi connectivity index (χ2v) is 6.53. The average molecular weight is 355 g/mol. The zero-order valence-corrected chi connectivity index (χ0v) is 12.3. The minimum absolute atomic E-state index is 0.0326. The van der Waals surface area contributed by atoms with Crippen LogP contribution in [0.4, 0.5) is 8.78 Å². The highest BCUT2D eigenvalue weighted by Gasteiger charge is 2.26. The number of hydrogen-bond donors (Lipinski definition) is 0. The Balaban J connectivity index is 2.51. The van der Waals surface area contributed by atoms with E-state index in [1.54, 1.807) is 0 Å². The first-order valence-electron chi connectivity index (χ1n) is 5.31. The molecule has 0 saturated carbocycles. The third-order valence-electron chi connectivity index (χ3n) is 2.52.